The van der Waals surface area contributed by atoms with Crippen molar-refractivity contribution in [3.05, 3.63) is 40.5 Å². The van der Waals surface area contributed by atoms with Gasteiger partial charge in [0.25, 0.3) is 5.91 Å². The molecular formula is C18H23ClN4O2. The Morgan fingerprint density at radius 2 is 1.96 bits per heavy atom. The standard InChI is InChI=1S/C18H23ClN4O2/c1-12-8-13(2)10-22(9-12)17(24)16-18(25-3)23(21-20-16)11-14-6-4-5-7-15(14)19/h4-7,12-13H,8-11H2,1-3H3. The summed E-state index contributed by atoms with van der Waals surface area (Å²) >= 11 is 6.22. The van der Waals surface area contributed by atoms with E-state index in [1.165, 1.54) is 7.11 Å². The Hall–Kier alpha value is -2.08. The number of hydrogen-bond donors (Lipinski definition) is 0. The maximum atomic E-state index is 12.9. The van der Waals surface area contributed by atoms with Crippen molar-refractivity contribution in [2.45, 2.75) is 26.8 Å². The lowest BCUT2D eigenvalue weighted by atomic mass is 9.92. The number of hydrogen-bond acceptors (Lipinski definition) is 4. The number of ether oxygens (including phenoxy) is 1. The summed E-state index contributed by atoms with van der Waals surface area (Å²) in [5.74, 6) is 1.21. The summed E-state index contributed by atoms with van der Waals surface area (Å²) in [6, 6.07) is 7.52. The molecule has 6 nitrogen and oxygen atoms in total. The van der Waals surface area contributed by atoms with Crippen molar-refractivity contribution in [3.63, 3.8) is 0 Å². The van der Waals surface area contributed by atoms with Crippen molar-refractivity contribution in [3.8, 4) is 5.88 Å². The molecule has 0 N–H and O–H groups in total. The second-order valence-electron chi connectivity index (χ2n) is 6.85. The minimum absolute atomic E-state index is 0.124. The van der Waals surface area contributed by atoms with Gasteiger partial charge in [-0.2, -0.15) is 0 Å². The van der Waals surface area contributed by atoms with Gasteiger partial charge in [-0.1, -0.05) is 48.9 Å². The van der Waals surface area contributed by atoms with Crippen LogP contribution in [0, 0.1) is 11.8 Å². The van der Waals surface area contributed by atoms with Crippen molar-refractivity contribution < 1.29 is 9.53 Å². The third kappa shape index (κ3) is 3.79. The third-order valence-corrected chi connectivity index (χ3v) is 4.89. The molecule has 1 saturated heterocycles. The van der Waals surface area contributed by atoms with Crippen LogP contribution in [0.15, 0.2) is 24.3 Å². The topological polar surface area (TPSA) is 60.2 Å². The van der Waals surface area contributed by atoms with Gasteiger partial charge >= 0.3 is 0 Å². The number of likely N-dealkylation sites (tertiary alicyclic amines) is 1. The van der Waals surface area contributed by atoms with E-state index in [0.29, 0.717) is 29.3 Å². The first kappa shape index (κ1) is 17.7. The molecule has 0 aliphatic carbocycles. The zero-order valence-corrected chi connectivity index (χ0v) is 15.5. The molecule has 2 heterocycles. The molecule has 2 atom stereocenters. The first-order chi connectivity index (χ1) is 12.0. The monoisotopic (exact) mass is 362 g/mol. The van der Waals surface area contributed by atoms with Gasteiger partial charge in [0.1, 0.15) is 0 Å². The number of benzene rings is 1. The fourth-order valence-electron chi connectivity index (χ4n) is 3.51. The molecule has 2 aromatic rings. The van der Waals surface area contributed by atoms with E-state index in [1.807, 2.05) is 29.2 Å². The van der Waals surface area contributed by atoms with Crippen LogP contribution in [0.1, 0.15) is 36.3 Å². The van der Waals surface area contributed by atoms with Crippen molar-refractivity contribution >= 4 is 17.5 Å². The van der Waals surface area contributed by atoms with Gasteiger partial charge in [0.05, 0.1) is 13.7 Å². The number of halogens is 1. The number of aromatic nitrogens is 3. The van der Waals surface area contributed by atoms with E-state index in [2.05, 4.69) is 24.2 Å². The van der Waals surface area contributed by atoms with Crippen LogP contribution in [0.2, 0.25) is 5.02 Å². The van der Waals surface area contributed by atoms with Crippen LogP contribution < -0.4 is 4.74 Å². The SMILES string of the molecule is COc1c(C(=O)N2CC(C)CC(C)C2)nnn1Cc1ccccc1Cl. The summed E-state index contributed by atoms with van der Waals surface area (Å²) in [4.78, 5) is 14.8. The lowest BCUT2D eigenvalue weighted by Crippen LogP contribution is -2.42. The number of carbonyl (C=O) groups excluding carboxylic acids is 1. The summed E-state index contributed by atoms with van der Waals surface area (Å²) < 4.78 is 7.02. The highest BCUT2D eigenvalue weighted by molar-refractivity contribution is 6.31. The molecule has 1 aliphatic rings. The maximum absolute atomic E-state index is 12.9. The maximum Gasteiger partial charge on any atom is 0.280 e. The average Bonchev–Trinajstić information content (AvgIpc) is 2.98. The highest BCUT2D eigenvalue weighted by atomic mass is 35.5. The second kappa shape index (κ2) is 7.44. The largest absolute Gasteiger partial charge is 0.479 e. The molecule has 1 aromatic heterocycles. The fraction of sp³-hybridized carbons (Fsp3) is 0.500. The van der Waals surface area contributed by atoms with Crippen LogP contribution in [0.5, 0.6) is 5.88 Å². The van der Waals surface area contributed by atoms with Gasteiger partial charge in [0, 0.05) is 18.1 Å². The predicted octanol–water partition coefficient (Wildman–Crippen LogP) is 3.11. The van der Waals surface area contributed by atoms with E-state index in [4.69, 9.17) is 16.3 Å². The highest BCUT2D eigenvalue weighted by Crippen LogP contribution is 2.26. The zero-order chi connectivity index (χ0) is 18.0. The first-order valence-electron chi connectivity index (χ1n) is 8.49. The third-order valence-electron chi connectivity index (χ3n) is 4.52. The van der Waals surface area contributed by atoms with Gasteiger partial charge in [0.15, 0.2) is 0 Å². The van der Waals surface area contributed by atoms with Crippen molar-refractivity contribution in [2.75, 3.05) is 20.2 Å². The molecule has 1 amide bonds. The Kier molecular flexibility index (Phi) is 5.27. The van der Waals surface area contributed by atoms with Crippen LogP contribution in [0.4, 0.5) is 0 Å². The van der Waals surface area contributed by atoms with Gasteiger partial charge in [-0.3, -0.25) is 4.79 Å². The Morgan fingerprint density at radius 3 is 2.60 bits per heavy atom. The molecular weight excluding hydrogens is 340 g/mol. The summed E-state index contributed by atoms with van der Waals surface area (Å²) in [7, 11) is 1.53. The molecule has 1 fully saturated rings. The van der Waals surface area contributed by atoms with E-state index in [0.717, 1.165) is 25.1 Å². The first-order valence-corrected chi connectivity index (χ1v) is 8.87. The quantitative estimate of drug-likeness (QED) is 0.838. The molecule has 134 valence electrons. The Bertz CT molecular complexity index is 751. The molecule has 2 unspecified atom stereocenters. The molecule has 0 radical (unpaired) electrons. The normalized spacial score (nSPS) is 20.6. The summed E-state index contributed by atoms with van der Waals surface area (Å²) in [6.45, 7) is 6.21. The van der Waals surface area contributed by atoms with Gasteiger partial charge in [-0.25, -0.2) is 4.68 Å². The van der Waals surface area contributed by atoms with Gasteiger partial charge in [0.2, 0.25) is 11.6 Å². The molecule has 3 rings (SSSR count). The van der Waals surface area contributed by atoms with Crippen LogP contribution >= 0.6 is 11.6 Å². The minimum atomic E-state index is -0.124. The second-order valence-corrected chi connectivity index (χ2v) is 7.26. The Balaban J connectivity index is 1.84. The molecule has 1 aliphatic heterocycles. The minimum Gasteiger partial charge on any atom is -0.479 e. The van der Waals surface area contributed by atoms with E-state index in [1.54, 1.807) is 4.68 Å². The zero-order valence-electron chi connectivity index (χ0n) is 14.8. The molecule has 7 heteroatoms. The number of piperidine rings is 1. The van der Waals surface area contributed by atoms with Gasteiger partial charge < -0.3 is 9.64 Å². The van der Waals surface area contributed by atoms with Crippen LogP contribution in [-0.2, 0) is 6.54 Å². The highest BCUT2D eigenvalue weighted by Gasteiger charge is 2.30. The number of amides is 1. The van der Waals surface area contributed by atoms with Crippen molar-refractivity contribution in [2.24, 2.45) is 11.8 Å². The lowest BCUT2D eigenvalue weighted by Gasteiger charge is -2.34. The van der Waals surface area contributed by atoms with Gasteiger partial charge in [-0.05, 0) is 29.9 Å². The van der Waals surface area contributed by atoms with E-state index >= 15 is 0 Å². The van der Waals surface area contributed by atoms with E-state index in [9.17, 15) is 4.79 Å². The number of rotatable bonds is 4. The van der Waals surface area contributed by atoms with Crippen LogP contribution in [0.25, 0.3) is 0 Å². The summed E-state index contributed by atoms with van der Waals surface area (Å²) in [5.41, 5.74) is 1.16. The molecule has 0 bridgehead atoms. The number of carbonyl (C=O) groups is 1. The van der Waals surface area contributed by atoms with Gasteiger partial charge in [-0.15, -0.1) is 5.10 Å². The smallest absolute Gasteiger partial charge is 0.280 e. The fourth-order valence-corrected chi connectivity index (χ4v) is 3.71. The summed E-state index contributed by atoms with van der Waals surface area (Å²) in [6.07, 6.45) is 1.14. The Morgan fingerprint density at radius 1 is 1.28 bits per heavy atom. The van der Waals surface area contributed by atoms with E-state index < -0.39 is 0 Å². The van der Waals surface area contributed by atoms with Crippen molar-refractivity contribution in [1.29, 1.82) is 0 Å². The molecule has 0 saturated carbocycles. The van der Waals surface area contributed by atoms with E-state index in [-0.39, 0.29) is 11.6 Å². The van der Waals surface area contributed by atoms with Crippen LogP contribution in [0.3, 0.4) is 0 Å². The molecule has 1 aromatic carbocycles. The summed E-state index contributed by atoms with van der Waals surface area (Å²) in [5, 5.41) is 8.85. The van der Waals surface area contributed by atoms with Crippen molar-refractivity contribution in [1.82, 2.24) is 19.9 Å². The molecule has 25 heavy (non-hydrogen) atoms. The average molecular weight is 363 g/mol. The predicted molar refractivity (Wildman–Crippen MR) is 96.0 cm³/mol. The molecule has 0 spiro atoms. The lowest BCUT2D eigenvalue weighted by molar-refractivity contribution is 0.0613. The number of nitrogens with zero attached hydrogens (tertiary/aromatic N) is 4. The Labute approximate surface area is 152 Å². The number of methoxy groups -OCH3 is 1. The van der Waals surface area contributed by atoms with Crippen LogP contribution in [-0.4, -0.2) is 46.0 Å².